The third-order valence-corrected chi connectivity index (χ3v) is 7.46. The Labute approximate surface area is 191 Å². The molecule has 2 bridgehead atoms. The van der Waals surface area contributed by atoms with Crippen molar-refractivity contribution in [2.45, 2.75) is 63.7 Å². The second-order valence-electron chi connectivity index (χ2n) is 9.20. The normalized spacial score (nSPS) is 27.3. The minimum Gasteiger partial charge on any atom is -0.373 e. The Morgan fingerprint density at radius 3 is 2.32 bits per heavy atom. The molecule has 2 saturated carbocycles. The van der Waals surface area contributed by atoms with Gasteiger partial charge in [0.05, 0.1) is 41.5 Å². The molecule has 3 aliphatic rings. The predicted octanol–water partition coefficient (Wildman–Crippen LogP) is 6.30. The SMILES string of the molecule is CC(C)(F)c1onc(-c2c(Cl)cccc2Cl)c1CO[C@H]1C[C@H]2CC[C@@H](C1)C21OCCO1. The minimum absolute atomic E-state index is 0.0379. The number of rotatable bonds is 5. The first kappa shape index (κ1) is 21.7. The molecule has 0 amide bonds. The van der Waals surface area contributed by atoms with Gasteiger partial charge in [-0.3, -0.25) is 0 Å². The van der Waals surface area contributed by atoms with E-state index >= 15 is 0 Å². The van der Waals surface area contributed by atoms with Crippen LogP contribution < -0.4 is 0 Å². The van der Waals surface area contributed by atoms with E-state index in [1.807, 2.05) is 0 Å². The molecule has 1 aromatic carbocycles. The van der Waals surface area contributed by atoms with E-state index in [0.717, 1.165) is 25.7 Å². The molecule has 5 rings (SSSR count). The fourth-order valence-corrected chi connectivity index (χ4v) is 6.09. The largest absolute Gasteiger partial charge is 0.373 e. The van der Waals surface area contributed by atoms with Gasteiger partial charge in [0, 0.05) is 17.4 Å². The van der Waals surface area contributed by atoms with Gasteiger partial charge in [-0.25, -0.2) is 4.39 Å². The maximum atomic E-state index is 14.9. The molecule has 0 radical (unpaired) electrons. The van der Waals surface area contributed by atoms with Crippen LogP contribution in [0.5, 0.6) is 0 Å². The maximum Gasteiger partial charge on any atom is 0.179 e. The van der Waals surface area contributed by atoms with Gasteiger partial charge in [-0.2, -0.15) is 0 Å². The van der Waals surface area contributed by atoms with Gasteiger partial charge in [0.25, 0.3) is 0 Å². The van der Waals surface area contributed by atoms with Crippen molar-refractivity contribution in [1.29, 1.82) is 0 Å². The Kier molecular flexibility index (Phi) is 5.58. The average Bonchev–Trinajstić information content (AvgIpc) is 3.39. The summed E-state index contributed by atoms with van der Waals surface area (Å²) in [5.74, 6) is 0.377. The van der Waals surface area contributed by atoms with Crippen molar-refractivity contribution in [3.8, 4) is 11.3 Å². The molecule has 2 aromatic rings. The van der Waals surface area contributed by atoms with Crippen LogP contribution in [0.25, 0.3) is 11.3 Å². The lowest BCUT2D eigenvalue weighted by molar-refractivity contribution is -0.238. The number of benzene rings is 1. The highest BCUT2D eigenvalue weighted by atomic mass is 35.5. The number of nitrogens with zero attached hydrogens (tertiary/aromatic N) is 1. The second kappa shape index (κ2) is 7.99. The van der Waals surface area contributed by atoms with Crippen molar-refractivity contribution >= 4 is 23.2 Å². The summed E-state index contributed by atoms with van der Waals surface area (Å²) in [4.78, 5) is 0. The zero-order valence-electron chi connectivity index (χ0n) is 17.6. The number of aromatic nitrogens is 1. The highest BCUT2D eigenvalue weighted by Crippen LogP contribution is 2.54. The highest BCUT2D eigenvalue weighted by Gasteiger charge is 2.58. The van der Waals surface area contributed by atoms with Gasteiger partial charge < -0.3 is 18.7 Å². The van der Waals surface area contributed by atoms with Crippen LogP contribution in [0, 0.1) is 11.8 Å². The van der Waals surface area contributed by atoms with Crippen LogP contribution in [0.15, 0.2) is 22.7 Å². The zero-order chi connectivity index (χ0) is 21.8. The molecule has 2 heterocycles. The van der Waals surface area contributed by atoms with Gasteiger partial charge >= 0.3 is 0 Å². The molecule has 3 fully saturated rings. The minimum atomic E-state index is -1.72. The number of hydrogen-bond donors (Lipinski definition) is 0. The van der Waals surface area contributed by atoms with Gasteiger partial charge in [0.2, 0.25) is 0 Å². The van der Waals surface area contributed by atoms with Crippen molar-refractivity contribution in [2.24, 2.45) is 11.8 Å². The summed E-state index contributed by atoms with van der Waals surface area (Å²) in [6.45, 7) is 4.37. The van der Waals surface area contributed by atoms with E-state index in [9.17, 15) is 4.39 Å². The molecule has 1 aromatic heterocycles. The summed E-state index contributed by atoms with van der Waals surface area (Å²) in [5.41, 5.74) is -0.226. The van der Waals surface area contributed by atoms with E-state index in [-0.39, 0.29) is 18.5 Å². The zero-order valence-corrected chi connectivity index (χ0v) is 19.1. The second-order valence-corrected chi connectivity index (χ2v) is 10.0. The molecular formula is C23H26Cl2FNO4. The molecule has 1 spiro atoms. The van der Waals surface area contributed by atoms with Gasteiger partial charge in [0.15, 0.2) is 17.2 Å². The monoisotopic (exact) mass is 469 g/mol. The van der Waals surface area contributed by atoms with E-state index in [1.165, 1.54) is 13.8 Å². The Bertz CT molecular complexity index is 931. The average molecular weight is 470 g/mol. The van der Waals surface area contributed by atoms with E-state index in [4.69, 9.17) is 41.9 Å². The fourth-order valence-electron chi connectivity index (χ4n) is 5.52. The Morgan fingerprint density at radius 2 is 1.74 bits per heavy atom. The Balaban J connectivity index is 1.40. The molecule has 0 N–H and O–H groups in total. The van der Waals surface area contributed by atoms with Crippen molar-refractivity contribution in [3.05, 3.63) is 39.6 Å². The predicted molar refractivity (Wildman–Crippen MR) is 115 cm³/mol. The van der Waals surface area contributed by atoms with Gasteiger partial charge in [-0.05, 0) is 51.7 Å². The molecule has 0 unspecified atom stereocenters. The molecule has 8 heteroatoms. The summed E-state index contributed by atoms with van der Waals surface area (Å²) in [6, 6.07) is 5.20. The molecule has 3 atom stereocenters. The van der Waals surface area contributed by atoms with Crippen molar-refractivity contribution in [1.82, 2.24) is 5.16 Å². The van der Waals surface area contributed by atoms with Crippen LogP contribution in [-0.2, 0) is 26.5 Å². The molecular weight excluding hydrogens is 444 g/mol. The molecule has 2 aliphatic carbocycles. The lowest BCUT2D eigenvalue weighted by atomic mass is 9.81. The lowest BCUT2D eigenvalue weighted by Gasteiger charge is -2.41. The lowest BCUT2D eigenvalue weighted by Crippen LogP contribution is -2.47. The first-order valence-corrected chi connectivity index (χ1v) is 11.6. The first-order chi connectivity index (χ1) is 14.8. The van der Waals surface area contributed by atoms with E-state index < -0.39 is 11.5 Å². The first-order valence-electron chi connectivity index (χ1n) is 10.8. The number of alkyl halides is 1. The maximum absolute atomic E-state index is 14.9. The van der Waals surface area contributed by atoms with Gasteiger partial charge in [-0.15, -0.1) is 0 Å². The summed E-state index contributed by atoms with van der Waals surface area (Å²) < 4.78 is 38.8. The fraction of sp³-hybridized carbons (Fsp3) is 0.609. The summed E-state index contributed by atoms with van der Waals surface area (Å²) in [6.07, 6.45) is 3.93. The smallest absolute Gasteiger partial charge is 0.179 e. The third-order valence-electron chi connectivity index (χ3n) is 6.83. The summed E-state index contributed by atoms with van der Waals surface area (Å²) in [5, 5.41) is 4.99. The van der Waals surface area contributed by atoms with E-state index in [2.05, 4.69) is 5.16 Å². The van der Waals surface area contributed by atoms with Crippen LogP contribution >= 0.6 is 23.2 Å². The van der Waals surface area contributed by atoms with Crippen LogP contribution in [0.3, 0.4) is 0 Å². The molecule has 31 heavy (non-hydrogen) atoms. The van der Waals surface area contributed by atoms with Crippen LogP contribution in [-0.4, -0.2) is 30.3 Å². The van der Waals surface area contributed by atoms with Crippen LogP contribution in [0.4, 0.5) is 4.39 Å². The van der Waals surface area contributed by atoms with Gasteiger partial charge in [0.1, 0.15) is 5.69 Å². The summed E-state index contributed by atoms with van der Waals surface area (Å²) >= 11 is 12.8. The van der Waals surface area contributed by atoms with Gasteiger partial charge in [-0.1, -0.05) is 34.4 Å². The van der Waals surface area contributed by atoms with Crippen molar-refractivity contribution in [3.63, 3.8) is 0 Å². The molecule has 1 aliphatic heterocycles. The highest BCUT2D eigenvalue weighted by molar-refractivity contribution is 6.39. The standard InChI is InChI=1S/C23H26Cl2FNO4/c1-22(2,26)21-16(20(27-31-21)19-17(24)4-3-5-18(19)25)12-28-15-10-13-6-7-14(11-15)23(13)29-8-9-30-23/h3-5,13-15H,6-12H2,1-2H3/t13-,14+,15+. The molecule has 1 saturated heterocycles. The number of hydrogen-bond acceptors (Lipinski definition) is 5. The quantitative estimate of drug-likeness (QED) is 0.513. The Morgan fingerprint density at radius 1 is 1.13 bits per heavy atom. The number of ether oxygens (including phenoxy) is 3. The molecule has 5 nitrogen and oxygen atoms in total. The number of halogens is 3. The van der Waals surface area contributed by atoms with E-state index in [1.54, 1.807) is 18.2 Å². The third kappa shape index (κ3) is 3.70. The van der Waals surface area contributed by atoms with Crippen LogP contribution in [0.1, 0.15) is 50.9 Å². The van der Waals surface area contributed by atoms with Crippen LogP contribution in [0.2, 0.25) is 10.0 Å². The van der Waals surface area contributed by atoms with Crippen molar-refractivity contribution < 1.29 is 23.1 Å². The summed E-state index contributed by atoms with van der Waals surface area (Å²) in [7, 11) is 0. The van der Waals surface area contributed by atoms with E-state index in [0.29, 0.717) is 51.9 Å². The van der Waals surface area contributed by atoms with Crippen molar-refractivity contribution in [2.75, 3.05) is 13.2 Å². The Hall–Kier alpha value is -1.18. The topological polar surface area (TPSA) is 53.7 Å². The molecule has 168 valence electrons.